The number of fused-ring (bicyclic) bond motifs is 1. The number of nitrogens with two attached hydrogens (primary N) is 1. The predicted molar refractivity (Wildman–Crippen MR) is 60.2 cm³/mol. The van der Waals surface area contributed by atoms with Crippen molar-refractivity contribution in [1.29, 1.82) is 0 Å². The molecule has 0 saturated carbocycles. The Morgan fingerprint density at radius 1 is 1.20 bits per heavy atom. The van der Waals surface area contributed by atoms with E-state index in [2.05, 4.69) is 4.98 Å². The highest BCUT2D eigenvalue weighted by Crippen LogP contribution is 2.27. The number of nitrogens with zero attached hydrogens (tertiary/aromatic N) is 1. The average molecular weight is 204 g/mol. The van der Waals surface area contributed by atoms with Gasteiger partial charge in [0, 0.05) is 10.8 Å². The summed E-state index contributed by atoms with van der Waals surface area (Å²) >= 11 is 0. The number of benzene rings is 1. The summed E-state index contributed by atoms with van der Waals surface area (Å²) in [5.41, 5.74) is 6.39. The number of hydrogen-bond acceptors (Lipinski definition) is 2. The predicted octanol–water partition coefficient (Wildman–Crippen LogP) is 3.08. The Balaban J connectivity index is 2.88. The van der Waals surface area contributed by atoms with Crippen molar-refractivity contribution in [2.24, 2.45) is 0 Å². The molecule has 1 aromatic heterocycles. The van der Waals surface area contributed by atoms with Crippen molar-refractivity contribution < 1.29 is 4.39 Å². The van der Waals surface area contributed by atoms with Crippen LogP contribution in [-0.4, -0.2) is 4.98 Å². The fraction of sp³-hybridized carbons (Fsp3) is 0.250. The van der Waals surface area contributed by atoms with Crippen molar-refractivity contribution >= 4 is 16.6 Å². The zero-order valence-corrected chi connectivity index (χ0v) is 8.79. The molecular weight excluding hydrogens is 191 g/mol. The van der Waals surface area contributed by atoms with Gasteiger partial charge in [-0.1, -0.05) is 38.1 Å². The highest BCUT2D eigenvalue weighted by atomic mass is 19.1. The first-order valence-corrected chi connectivity index (χ1v) is 4.95. The minimum absolute atomic E-state index is 0.0163. The summed E-state index contributed by atoms with van der Waals surface area (Å²) in [6, 6.07) is 7.29. The van der Waals surface area contributed by atoms with E-state index < -0.39 is 5.82 Å². The number of anilines is 1. The fourth-order valence-corrected chi connectivity index (χ4v) is 1.72. The van der Waals surface area contributed by atoms with Crippen molar-refractivity contribution in [2.75, 3.05) is 5.73 Å². The number of rotatable bonds is 1. The first kappa shape index (κ1) is 9.90. The first-order chi connectivity index (χ1) is 7.11. The second kappa shape index (κ2) is 3.50. The van der Waals surface area contributed by atoms with E-state index in [0.29, 0.717) is 5.39 Å². The summed E-state index contributed by atoms with van der Waals surface area (Å²) in [5, 5.41) is 1.40. The molecule has 0 aliphatic heterocycles. The molecule has 1 heterocycles. The van der Waals surface area contributed by atoms with E-state index in [0.717, 1.165) is 11.1 Å². The van der Waals surface area contributed by atoms with E-state index in [9.17, 15) is 4.39 Å². The second-order valence-electron chi connectivity index (χ2n) is 3.90. The minimum Gasteiger partial charge on any atom is -0.381 e. The lowest BCUT2D eigenvalue weighted by Crippen LogP contribution is -2.02. The average Bonchev–Trinajstić information content (AvgIpc) is 2.23. The Morgan fingerprint density at radius 2 is 1.80 bits per heavy atom. The molecule has 0 fully saturated rings. The maximum atomic E-state index is 13.7. The van der Waals surface area contributed by atoms with Gasteiger partial charge >= 0.3 is 0 Å². The van der Waals surface area contributed by atoms with Gasteiger partial charge in [-0.05, 0) is 5.92 Å². The first-order valence-electron chi connectivity index (χ1n) is 4.95. The van der Waals surface area contributed by atoms with Gasteiger partial charge in [-0.2, -0.15) is 0 Å². The molecule has 2 nitrogen and oxygen atoms in total. The lowest BCUT2D eigenvalue weighted by molar-refractivity contribution is 0.637. The molecule has 2 rings (SSSR count). The van der Waals surface area contributed by atoms with Gasteiger partial charge < -0.3 is 5.73 Å². The van der Waals surface area contributed by atoms with Gasteiger partial charge in [0.1, 0.15) is 0 Å². The third-order valence-electron chi connectivity index (χ3n) is 2.45. The molecule has 78 valence electrons. The van der Waals surface area contributed by atoms with Gasteiger partial charge in [0.15, 0.2) is 11.6 Å². The molecule has 15 heavy (non-hydrogen) atoms. The molecule has 0 amide bonds. The van der Waals surface area contributed by atoms with E-state index in [1.807, 2.05) is 26.0 Å². The summed E-state index contributed by atoms with van der Waals surface area (Å²) in [6.45, 7) is 4.04. The highest BCUT2D eigenvalue weighted by molar-refractivity contribution is 5.87. The van der Waals surface area contributed by atoms with Crippen molar-refractivity contribution in [3.8, 4) is 0 Å². The molecule has 0 aliphatic carbocycles. The van der Waals surface area contributed by atoms with Crippen LogP contribution in [0.2, 0.25) is 0 Å². The maximum absolute atomic E-state index is 13.7. The standard InChI is InChI=1S/C12H13FN2/c1-7(2)11-9-6-4-3-5-8(9)10(13)12(14)15-11/h3-7H,1-2H3,(H2,14,15). The van der Waals surface area contributed by atoms with E-state index >= 15 is 0 Å². The summed E-state index contributed by atoms with van der Waals surface area (Å²) < 4.78 is 13.7. The smallest absolute Gasteiger partial charge is 0.173 e. The van der Waals surface area contributed by atoms with Crippen LogP contribution in [0.25, 0.3) is 10.8 Å². The van der Waals surface area contributed by atoms with Gasteiger partial charge in [-0.25, -0.2) is 9.37 Å². The number of halogens is 1. The van der Waals surface area contributed by atoms with Crippen molar-refractivity contribution in [3.05, 3.63) is 35.8 Å². The number of nitrogen functional groups attached to an aromatic ring is 1. The quantitative estimate of drug-likeness (QED) is 0.775. The van der Waals surface area contributed by atoms with Gasteiger partial charge in [0.05, 0.1) is 5.69 Å². The number of hydrogen-bond donors (Lipinski definition) is 1. The van der Waals surface area contributed by atoms with Crippen LogP contribution in [0, 0.1) is 5.82 Å². The van der Waals surface area contributed by atoms with E-state index in [-0.39, 0.29) is 11.7 Å². The van der Waals surface area contributed by atoms with E-state index in [4.69, 9.17) is 5.73 Å². The molecule has 1 aromatic carbocycles. The Hall–Kier alpha value is -1.64. The second-order valence-corrected chi connectivity index (χ2v) is 3.90. The van der Waals surface area contributed by atoms with E-state index in [1.54, 1.807) is 12.1 Å². The fourth-order valence-electron chi connectivity index (χ4n) is 1.72. The molecule has 0 spiro atoms. The summed E-state index contributed by atoms with van der Waals surface area (Å²) in [5.74, 6) is -0.204. The van der Waals surface area contributed by atoms with E-state index in [1.165, 1.54) is 0 Å². The normalized spacial score (nSPS) is 11.2. The van der Waals surface area contributed by atoms with Gasteiger partial charge in [-0.15, -0.1) is 0 Å². The SMILES string of the molecule is CC(C)c1nc(N)c(F)c2ccccc12. The maximum Gasteiger partial charge on any atom is 0.173 e. The van der Waals surface area contributed by atoms with Gasteiger partial charge in [0.25, 0.3) is 0 Å². The monoisotopic (exact) mass is 204 g/mol. The third-order valence-corrected chi connectivity index (χ3v) is 2.45. The van der Waals surface area contributed by atoms with Crippen LogP contribution in [0.5, 0.6) is 0 Å². The highest BCUT2D eigenvalue weighted by Gasteiger charge is 2.13. The van der Waals surface area contributed by atoms with Crippen LogP contribution in [0.15, 0.2) is 24.3 Å². The molecule has 0 radical (unpaired) electrons. The third kappa shape index (κ3) is 1.54. The van der Waals surface area contributed by atoms with Crippen molar-refractivity contribution in [3.63, 3.8) is 0 Å². The Bertz CT molecular complexity index is 506. The summed E-state index contributed by atoms with van der Waals surface area (Å²) in [7, 11) is 0. The minimum atomic E-state index is -0.421. The number of pyridine rings is 1. The van der Waals surface area contributed by atoms with Crippen LogP contribution in [0.4, 0.5) is 10.2 Å². The molecule has 2 N–H and O–H groups in total. The molecule has 2 aromatic rings. The largest absolute Gasteiger partial charge is 0.381 e. The lowest BCUT2D eigenvalue weighted by Gasteiger charge is -2.11. The molecular formula is C12H13FN2. The zero-order valence-electron chi connectivity index (χ0n) is 8.79. The van der Waals surface area contributed by atoms with Gasteiger partial charge in [0.2, 0.25) is 0 Å². The van der Waals surface area contributed by atoms with Gasteiger partial charge in [-0.3, -0.25) is 0 Å². The van der Waals surface area contributed by atoms with Crippen LogP contribution < -0.4 is 5.73 Å². The zero-order chi connectivity index (χ0) is 11.0. The van der Waals surface area contributed by atoms with Crippen LogP contribution in [-0.2, 0) is 0 Å². The Labute approximate surface area is 87.9 Å². The molecule has 0 saturated heterocycles. The number of aromatic nitrogens is 1. The van der Waals surface area contributed by atoms with Crippen LogP contribution in [0.3, 0.4) is 0 Å². The summed E-state index contributed by atoms with van der Waals surface area (Å²) in [4.78, 5) is 4.10. The Kier molecular flexibility index (Phi) is 2.31. The topological polar surface area (TPSA) is 38.9 Å². The molecule has 0 aliphatic rings. The Morgan fingerprint density at radius 3 is 2.40 bits per heavy atom. The molecule has 0 atom stereocenters. The molecule has 3 heteroatoms. The lowest BCUT2D eigenvalue weighted by atomic mass is 10.0. The van der Waals surface area contributed by atoms with Crippen LogP contribution in [0.1, 0.15) is 25.5 Å². The van der Waals surface area contributed by atoms with Crippen LogP contribution >= 0.6 is 0 Å². The molecule has 0 bridgehead atoms. The summed E-state index contributed by atoms with van der Waals surface area (Å²) in [6.07, 6.45) is 0. The molecule has 0 unspecified atom stereocenters. The van der Waals surface area contributed by atoms with Crippen molar-refractivity contribution in [1.82, 2.24) is 4.98 Å². The van der Waals surface area contributed by atoms with Crippen molar-refractivity contribution in [2.45, 2.75) is 19.8 Å².